The standard InChI is InChI=1S/C16H29N3/c1-5-11-19(13-12-18(3)4)15-9-7-14(8-10-15)16(17)6-2/h7-10,16H,5-6,11-13,17H2,1-4H3/t16-/m1/s1. The Morgan fingerprint density at radius 3 is 2.11 bits per heavy atom. The van der Waals surface area contributed by atoms with Crippen LogP contribution in [-0.2, 0) is 0 Å². The van der Waals surface area contributed by atoms with Gasteiger partial charge in [-0.25, -0.2) is 0 Å². The Morgan fingerprint density at radius 2 is 1.63 bits per heavy atom. The van der Waals surface area contributed by atoms with Crippen molar-refractivity contribution in [3.63, 3.8) is 0 Å². The first kappa shape index (κ1) is 16.0. The SMILES string of the molecule is CCCN(CCN(C)C)c1ccc([C@H](N)CC)cc1. The molecule has 1 aromatic rings. The van der Waals surface area contributed by atoms with E-state index in [1.807, 2.05) is 0 Å². The van der Waals surface area contributed by atoms with Gasteiger partial charge in [-0.2, -0.15) is 0 Å². The van der Waals surface area contributed by atoms with Gasteiger partial charge in [-0.3, -0.25) is 0 Å². The van der Waals surface area contributed by atoms with E-state index in [0.717, 1.165) is 26.1 Å². The Labute approximate surface area is 118 Å². The maximum Gasteiger partial charge on any atom is 0.0366 e. The molecule has 0 unspecified atom stereocenters. The molecule has 0 saturated carbocycles. The highest BCUT2D eigenvalue weighted by Crippen LogP contribution is 2.20. The molecule has 0 saturated heterocycles. The van der Waals surface area contributed by atoms with Crippen molar-refractivity contribution >= 4 is 5.69 Å². The molecule has 1 atom stereocenters. The van der Waals surface area contributed by atoms with Gasteiger partial charge in [0.1, 0.15) is 0 Å². The van der Waals surface area contributed by atoms with Crippen LogP contribution in [0.25, 0.3) is 0 Å². The van der Waals surface area contributed by atoms with E-state index in [1.165, 1.54) is 17.7 Å². The van der Waals surface area contributed by atoms with Crippen LogP contribution in [0.4, 0.5) is 5.69 Å². The van der Waals surface area contributed by atoms with Crippen molar-refractivity contribution in [2.24, 2.45) is 5.73 Å². The maximum atomic E-state index is 6.06. The maximum absolute atomic E-state index is 6.06. The lowest BCUT2D eigenvalue weighted by atomic mass is 10.1. The van der Waals surface area contributed by atoms with Crippen LogP contribution < -0.4 is 10.6 Å². The van der Waals surface area contributed by atoms with E-state index < -0.39 is 0 Å². The summed E-state index contributed by atoms with van der Waals surface area (Å²) in [5.41, 5.74) is 8.59. The molecule has 2 N–H and O–H groups in total. The Bertz CT molecular complexity index is 346. The number of rotatable bonds is 8. The largest absolute Gasteiger partial charge is 0.370 e. The second-order valence-electron chi connectivity index (χ2n) is 5.40. The van der Waals surface area contributed by atoms with Crippen molar-refractivity contribution in [1.82, 2.24) is 4.90 Å². The number of likely N-dealkylation sites (N-methyl/N-ethyl adjacent to an activating group) is 1. The molecule has 0 amide bonds. The predicted molar refractivity (Wildman–Crippen MR) is 84.7 cm³/mol. The van der Waals surface area contributed by atoms with Crippen LogP contribution in [0.2, 0.25) is 0 Å². The van der Waals surface area contributed by atoms with Crippen LogP contribution >= 0.6 is 0 Å². The molecule has 0 heterocycles. The van der Waals surface area contributed by atoms with Crippen molar-refractivity contribution in [1.29, 1.82) is 0 Å². The summed E-state index contributed by atoms with van der Waals surface area (Å²) < 4.78 is 0. The molecule has 0 bridgehead atoms. The minimum absolute atomic E-state index is 0.162. The first-order chi connectivity index (χ1) is 9.08. The van der Waals surface area contributed by atoms with Crippen LogP contribution in [0.3, 0.4) is 0 Å². The van der Waals surface area contributed by atoms with Crippen molar-refractivity contribution < 1.29 is 0 Å². The second-order valence-corrected chi connectivity index (χ2v) is 5.40. The molecular weight excluding hydrogens is 234 g/mol. The zero-order valence-electron chi connectivity index (χ0n) is 12.9. The number of nitrogens with zero attached hydrogens (tertiary/aromatic N) is 2. The first-order valence-electron chi connectivity index (χ1n) is 7.33. The summed E-state index contributed by atoms with van der Waals surface area (Å²) in [6.45, 7) is 7.60. The highest BCUT2D eigenvalue weighted by atomic mass is 15.2. The summed E-state index contributed by atoms with van der Waals surface area (Å²) in [6.07, 6.45) is 2.16. The van der Waals surface area contributed by atoms with Crippen molar-refractivity contribution in [2.75, 3.05) is 38.6 Å². The number of nitrogens with two attached hydrogens (primary N) is 1. The van der Waals surface area contributed by atoms with Crippen LogP contribution in [0, 0.1) is 0 Å². The second kappa shape index (κ2) is 8.18. The number of hydrogen-bond donors (Lipinski definition) is 1. The highest BCUT2D eigenvalue weighted by Gasteiger charge is 2.08. The number of benzene rings is 1. The molecule has 0 spiro atoms. The molecule has 0 aliphatic heterocycles. The van der Waals surface area contributed by atoms with Gasteiger partial charge in [0.25, 0.3) is 0 Å². The van der Waals surface area contributed by atoms with Crippen molar-refractivity contribution in [3.8, 4) is 0 Å². The monoisotopic (exact) mass is 263 g/mol. The smallest absolute Gasteiger partial charge is 0.0366 e. The van der Waals surface area contributed by atoms with Crippen LogP contribution in [0.15, 0.2) is 24.3 Å². The van der Waals surface area contributed by atoms with Crippen LogP contribution in [0.1, 0.15) is 38.3 Å². The quantitative estimate of drug-likeness (QED) is 0.783. The summed E-state index contributed by atoms with van der Waals surface area (Å²) >= 11 is 0. The molecule has 3 heteroatoms. The third-order valence-corrected chi connectivity index (χ3v) is 3.44. The molecule has 19 heavy (non-hydrogen) atoms. The molecule has 1 aromatic carbocycles. The van der Waals surface area contributed by atoms with E-state index in [1.54, 1.807) is 0 Å². The van der Waals surface area contributed by atoms with Gasteiger partial charge in [-0.15, -0.1) is 0 Å². The summed E-state index contributed by atoms with van der Waals surface area (Å²) in [4.78, 5) is 4.67. The lowest BCUT2D eigenvalue weighted by Crippen LogP contribution is -2.32. The summed E-state index contributed by atoms with van der Waals surface area (Å²) in [7, 11) is 4.24. The summed E-state index contributed by atoms with van der Waals surface area (Å²) in [5, 5.41) is 0. The van der Waals surface area contributed by atoms with E-state index in [9.17, 15) is 0 Å². The highest BCUT2D eigenvalue weighted by molar-refractivity contribution is 5.48. The van der Waals surface area contributed by atoms with Gasteiger partial charge in [0.15, 0.2) is 0 Å². The molecule has 0 radical (unpaired) electrons. The fourth-order valence-electron chi connectivity index (χ4n) is 2.13. The van der Waals surface area contributed by atoms with Gasteiger partial charge in [-0.1, -0.05) is 26.0 Å². The molecule has 0 aliphatic rings. The van der Waals surface area contributed by atoms with Crippen molar-refractivity contribution in [3.05, 3.63) is 29.8 Å². The molecule has 0 aliphatic carbocycles. The molecule has 0 fully saturated rings. The first-order valence-corrected chi connectivity index (χ1v) is 7.33. The van der Waals surface area contributed by atoms with Gasteiger partial charge < -0.3 is 15.5 Å². The van der Waals surface area contributed by atoms with Gasteiger partial charge in [0, 0.05) is 31.4 Å². The normalized spacial score (nSPS) is 12.7. The van der Waals surface area contributed by atoms with E-state index in [-0.39, 0.29) is 6.04 Å². The Morgan fingerprint density at radius 1 is 1.00 bits per heavy atom. The van der Waals surface area contributed by atoms with Gasteiger partial charge in [0.2, 0.25) is 0 Å². The van der Waals surface area contributed by atoms with Crippen molar-refractivity contribution in [2.45, 2.75) is 32.7 Å². The third kappa shape index (κ3) is 5.21. The van der Waals surface area contributed by atoms with E-state index in [0.29, 0.717) is 0 Å². The fraction of sp³-hybridized carbons (Fsp3) is 0.625. The molecule has 108 valence electrons. The number of anilines is 1. The van der Waals surface area contributed by atoms with Gasteiger partial charge in [-0.05, 0) is 44.6 Å². The zero-order chi connectivity index (χ0) is 14.3. The number of hydrogen-bond acceptors (Lipinski definition) is 3. The minimum atomic E-state index is 0.162. The van der Waals surface area contributed by atoms with E-state index in [4.69, 9.17) is 5.73 Å². The predicted octanol–water partition coefficient (Wildman–Crippen LogP) is 2.87. The van der Waals surface area contributed by atoms with Crippen LogP contribution in [0.5, 0.6) is 0 Å². The summed E-state index contributed by atoms with van der Waals surface area (Å²) in [6, 6.07) is 8.91. The Hall–Kier alpha value is -1.06. The zero-order valence-corrected chi connectivity index (χ0v) is 12.9. The Balaban J connectivity index is 2.73. The molecule has 0 aromatic heterocycles. The van der Waals surface area contributed by atoms with Crippen LogP contribution in [-0.4, -0.2) is 38.6 Å². The lowest BCUT2D eigenvalue weighted by molar-refractivity contribution is 0.413. The average molecular weight is 263 g/mol. The fourth-order valence-corrected chi connectivity index (χ4v) is 2.13. The van der Waals surface area contributed by atoms with E-state index in [2.05, 4.69) is 62.0 Å². The third-order valence-electron chi connectivity index (χ3n) is 3.44. The summed E-state index contributed by atoms with van der Waals surface area (Å²) in [5.74, 6) is 0. The molecular formula is C16H29N3. The molecule has 1 rings (SSSR count). The average Bonchev–Trinajstić information content (AvgIpc) is 2.42. The topological polar surface area (TPSA) is 32.5 Å². The minimum Gasteiger partial charge on any atom is -0.370 e. The van der Waals surface area contributed by atoms with E-state index >= 15 is 0 Å². The van der Waals surface area contributed by atoms with Gasteiger partial charge >= 0.3 is 0 Å². The van der Waals surface area contributed by atoms with Gasteiger partial charge in [0.05, 0.1) is 0 Å². The lowest BCUT2D eigenvalue weighted by Gasteiger charge is -2.26. The molecule has 3 nitrogen and oxygen atoms in total. The Kier molecular flexibility index (Phi) is 6.89.